The molecule has 2 aliphatic heterocycles. The number of benzene rings is 4. The highest BCUT2D eigenvalue weighted by Crippen LogP contribution is 2.54. The van der Waals surface area contributed by atoms with Crippen molar-refractivity contribution in [3.8, 4) is 0 Å². The molecule has 62 heavy (non-hydrogen) atoms. The van der Waals surface area contributed by atoms with E-state index in [1.54, 1.807) is 48.3 Å². The number of hydrogen-bond donors (Lipinski definition) is 5. The summed E-state index contributed by atoms with van der Waals surface area (Å²) in [6, 6.07) is 12.4. The van der Waals surface area contributed by atoms with Crippen LogP contribution in [-0.2, 0) is 61.4 Å². The van der Waals surface area contributed by atoms with Gasteiger partial charge in [0.05, 0.1) is 26.7 Å². The lowest BCUT2D eigenvalue weighted by atomic mass is 9.75. The Morgan fingerprint density at radius 3 is 1.87 bits per heavy atom. The Bertz CT molecular complexity index is 3190. The van der Waals surface area contributed by atoms with Gasteiger partial charge in [-0.2, -0.15) is 46.7 Å². The van der Waals surface area contributed by atoms with E-state index in [-0.39, 0.29) is 36.6 Å². The fourth-order valence-corrected chi connectivity index (χ4v) is 11.7. The molecule has 336 valence electrons. The summed E-state index contributed by atoms with van der Waals surface area (Å²) in [5.41, 5.74) is 1.17. The number of rotatable bonds is 16. The summed E-state index contributed by atoms with van der Waals surface area (Å²) in [5, 5.41) is 1.13. The van der Waals surface area contributed by atoms with E-state index in [2.05, 4.69) is 0 Å². The van der Waals surface area contributed by atoms with Crippen molar-refractivity contribution in [1.82, 2.24) is 0 Å². The van der Waals surface area contributed by atoms with Crippen LogP contribution in [0.2, 0.25) is 0 Å². The van der Waals surface area contributed by atoms with Gasteiger partial charge in [0.2, 0.25) is 5.69 Å². The first-order valence-electron chi connectivity index (χ1n) is 19.3. The van der Waals surface area contributed by atoms with E-state index >= 15 is 0 Å². The molecule has 22 heteroatoms. The molecule has 0 bridgehead atoms. The minimum absolute atomic E-state index is 0.0121. The summed E-state index contributed by atoms with van der Waals surface area (Å²) >= 11 is 0. The van der Waals surface area contributed by atoms with Crippen molar-refractivity contribution in [3.63, 3.8) is 0 Å². The van der Waals surface area contributed by atoms with Crippen molar-refractivity contribution in [2.24, 2.45) is 0 Å². The number of hydrogen-bond acceptors (Lipinski definition) is 11. The standard InChI is InChI=1S/C40H46N2O15S5/c1-5-6-19-41-32-17-15-29-31(24-28(61(52,53)54)25-34(29)62(55,56)57)37(32)39(2,3)35(41)10-7-11-36-40(4,18-8-21-58(43,44)45)38-30-23-27(60(49,50)51)14-12-26(30)13-16-33(38)42(36)20-9-22-59(46,47)48/h7,10-17,23-25H,5-6,8-9,18-22H2,1-4H3,(H4-,43,44,45,46,47,48,49,50,51,52,53,54,55,56,57)/p+1. The first kappa shape index (κ1) is 47.4. The van der Waals surface area contributed by atoms with Crippen LogP contribution in [0.4, 0.5) is 11.4 Å². The SMILES string of the molecule is CCCC[N+]1=C(/C=C/C=C2/N(CCCS(=O)(=O)O)c3ccc4ccc(S(=O)(=O)O)cc4c3C2(C)CCCS(=O)(=O)O)C(C)(C)c2c1ccc1c(S(=O)(=O)O)cc(S(=O)(=O)O)cc21. The molecule has 5 N–H and O–H groups in total. The number of fused-ring (bicyclic) bond motifs is 6. The second-order valence-electron chi connectivity index (χ2n) is 16.2. The monoisotopic (exact) mass is 955 g/mol. The molecule has 0 aromatic heterocycles. The van der Waals surface area contributed by atoms with Crippen LogP contribution in [0.15, 0.2) is 93.2 Å². The molecule has 2 aliphatic rings. The molecule has 6 rings (SSSR count). The van der Waals surface area contributed by atoms with Gasteiger partial charge in [-0.25, -0.2) is 0 Å². The Kier molecular flexibility index (Phi) is 12.6. The minimum Gasteiger partial charge on any atom is -0.344 e. The molecule has 0 radical (unpaired) electrons. The van der Waals surface area contributed by atoms with Crippen LogP contribution in [0, 0.1) is 0 Å². The summed E-state index contributed by atoms with van der Waals surface area (Å²) in [6.45, 7) is 7.92. The van der Waals surface area contributed by atoms with E-state index in [1.807, 2.05) is 25.3 Å². The van der Waals surface area contributed by atoms with Crippen molar-refractivity contribution < 1.29 is 69.4 Å². The van der Waals surface area contributed by atoms with Gasteiger partial charge >= 0.3 is 0 Å². The molecular formula is C40H47N2O15S5+. The third-order valence-corrected chi connectivity index (χ3v) is 15.7. The quantitative estimate of drug-likeness (QED) is 0.0629. The molecule has 4 aromatic carbocycles. The lowest BCUT2D eigenvalue weighted by Crippen LogP contribution is -2.31. The summed E-state index contributed by atoms with van der Waals surface area (Å²) in [7, 11) is -23.4. The molecule has 2 heterocycles. The predicted molar refractivity (Wildman–Crippen MR) is 234 cm³/mol. The van der Waals surface area contributed by atoms with Gasteiger partial charge < -0.3 is 4.90 Å². The van der Waals surface area contributed by atoms with E-state index in [4.69, 9.17) is 0 Å². The Morgan fingerprint density at radius 2 is 1.27 bits per heavy atom. The lowest BCUT2D eigenvalue weighted by Gasteiger charge is -2.31. The van der Waals surface area contributed by atoms with Crippen LogP contribution in [0.25, 0.3) is 21.5 Å². The van der Waals surface area contributed by atoms with Crippen molar-refractivity contribution in [3.05, 3.63) is 89.6 Å². The predicted octanol–water partition coefficient (Wildman–Crippen LogP) is 6.07. The molecule has 0 fully saturated rings. The highest BCUT2D eigenvalue weighted by Gasteiger charge is 2.47. The summed E-state index contributed by atoms with van der Waals surface area (Å²) < 4.78 is 174. The number of nitrogens with zero attached hydrogens (tertiary/aromatic N) is 2. The average Bonchev–Trinajstić information content (AvgIpc) is 3.50. The minimum atomic E-state index is -4.98. The second-order valence-corrected chi connectivity index (χ2v) is 23.6. The van der Waals surface area contributed by atoms with Crippen LogP contribution in [-0.4, -0.2) is 99.7 Å². The highest BCUT2D eigenvalue weighted by atomic mass is 32.2. The zero-order valence-electron chi connectivity index (χ0n) is 34.0. The smallest absolute Gasteiger partial charge is 0.295 e. The normalized spacial score (nSPS) is 19.0. The molecule has 1 unspecified atom stereocenters. The van der Waals surface area contributed by atoms with Crippen LogP contribution >= 0.6 is 0 Å². The van der Waals surface area contributed by atoms with E-state index in [0.29, 0.717) is 63.7 Å². The average molecular weight is 956 g/mol. The van der Waals surface area contributed by atoms with E-state index in [1.165, 1.54) is 24.3 Å². The summed E-state index contributed by atoms with van der Waals surface area (Å²) in [4.78, 5) is -0.0716. The molecule has 0 aliphatic carbocycles. The number of unbranched alkanes of at least 4 members (excludes halogenated alkanes) is 1. The van der Waals surface area contributed by atoms with E-state index in [0.717, 1.165) is 12.5 Å². The van der Waals surface area contributed by atoms with Gasteiger partial charge in [-0.1, -0.05) is 31.6 Å². The third kappa shape index (κ3) is 9.40. The zero-order valence-corrected chi connectivity index (χ0v) is 38.1. The van der Waals surface area contributed by atoms with Crippen molar-refractivity contribution in [2.45, 2.75) is 85.3 Å². The van der Waals surface area contributed by atoms with Gasteiger partial charge in [0.1, 0.15) is 11.4 Å². The Labute approximate surface area is 361 Å². The van der Waals surface area contributed by atoms with Gasteiger partial charge in [0, 0.05) is 52.9 Å². The maximum atomic E-state index is 12.6. The summed E-state index contributed by atoms with van der Waals surface area (Å²) in [6.07, 6.45) is 6.61. The molecule has 0 amide bonds. The van der Waals surface area contributed by atoms with Gasteiger partial charge in [-0.05, 0) is 104 Å². The molecule has 4 aromatic rings. The van der Waals surface area contributed by atoms with Crippen LogP contribution in [0.3, 0.4) is 0 Å². The van der Waals surface area contributed by atoms with Crippen LogP contribution < -0.4 is 4.90 Å². The fourth-order valence-electron chi connectivity index (χ4n) is 8.88. The van der Waals surface area contributed by atoms with Crippen molar-refractivity contribution in [2.75, 3.05) is 29.5 Å². The maximum Gasteiger partial charge on any atom is 0.295 e. The van der Waals surface area contributed by atoms with Gasteiger partial charge in [-0.3, -0.25) is 22.8 Å². The van der Waals surface area contributed by atoms with Gasteiger partial charge in [-0.15, -0.1) is 0 Å². The first-order chi connectivity index (χ1) is 28.5. The highest BCUT2D eigenvalue weighted by molar-refractivity contribution is 7.87. The van der Waals surface area contributed by atoms with E-state index < -0.39 is 87.6 Å². The largest absolute Gasteiger partial charge is 0.344 e. The topological polar surface area (TPSA) is 278 Å². The van der Waals surface area contributed by atoms with Crippen LogP contribution in [0.5, 0.6) is 0 Å². The van der Waals surface area contributed by atoms with Crippen LogP contribution in [0.1, 0.15) is 70.9 Å². The fraction of sp³-hybridized carbons (Fsp3) is 0.375. The van der Waals surface area contributed by atoms with E-state index in [9.17, 15) is 64.9 Å². The summed E-state index contributed by atoms with van der Waals surface area (Å²) in [5.74, 6) is -1.22. The zero-order chi connectivity index (χ0) is 46.0. The maximum absolute atomic E-state index is 12.6. The number of anilines is 1. The molecule has 0 saturated heterocycles. The molecule has 0 saturated carbocycles. The number of allylic oxidation sites excluding steroid dienone is 4. The Morgan fingerprint density at radius 1 is 0.661 bits per heavy atom. The first-order valence-corrected chi connectivity index (χ1v) is 26.9. The Hall–Kier alpha value is -4.10. The second kappa shape index (κ2) is 16.5. The molecular weight excluding hydrogens is 909 g/mol. The molecule has 17 nitrogen and oxygen atoms in total. The Balaban J connectivity index is 1.59. The molecule has 0 spiro atoms. The van der Waals surface area contributed by atoms with Crippen molar-refractivity contribution >= 4 is 89.2 Å². The molecule has 1 atom stereocenters. The van der Waals surface area contributed by atoms with Gasteiger partial charge in [0.15, 0.2) is 5.71 Å². The van der Waals surface area contributed by atoms with Gasteiger partial charge in [0.25, 0.3) is 50.6 Å². The lowest BCUT2D eigenvalue weighted by molar-refractivity contribution is -0.438. The van der Waals surface area contributed by atoms with Crippen molar-refractivity contribution in [1.29, 1.82) is 0 Å². The third-order valence-electron chi connectivity index (χ3n) is 11.5.